The predicted octanol–water partition coefficient (Wildman–Crippen LogP) is 21.6. The van der Waals surface area contributed by atoms with Crippen LogP contribution in [0.5, 0.6) is 17.2 Å². The third-order valence-electron chi connectivity index (χ3n) is 16.8. The van der Waals surface area contributed by atoms with Gasteiger partial charge in [-0.1, -0.05) is 205 Å². The zero-order chi connectivity index (χ0) is 61.4. The van der Waals surface area contributed by atoms with Gasteiger partial charge >= 0.3 is 7.12 Å². The Balaban J connectivity index is 0.000000293. The number of halogens is 2. The maximum absolute atomic E-state index is 9.31. The molecule has 4 N–H and O–H groups in total. The van der Waals surface area contributed by atoms with Gasteiger partial charge in [0.1, 0.15) is 17.2 Å². The number of hydrogen-bond acceptors (Lipinski definition) is 6. The molecule has 83 heavy (non-hydrogen) atoms. The minimum atomic E-state index is -1.35. The molecule has 9 heteroatoms. The number of phenols is 1. The van der Waals surface area contributed by atoms with Crippen LogP contribution in [0.3, 0.4) is 0 Å². The van der Waals surface area contributed by atoms with Gasteiger partial charge in [0, 0.05) is 8.95 Å². The number of hydrogen-bond donors (Lipinski definition) is 4. The van der Waals surface area contributed by atoms with Crippen LogP contribution >= 0.6 is 31.9 Å². The fourth-order valence-electron chi connectivity index (χ4n) is 11.5. The third kappa shape index (κ3) is 28.6. The van der Waals surface area contributed by atoms with E-state index in [1.165, 1.54) is 173 Å². The molecule has 3 atom stereocenters. The first-order valence-electron chi connectivity index (χ1n) is 32.5. The van der Waals surface area contributed by atoms with Crippen molar-refractivity contribution in [2.24, 2.45) is 11.8 Å². The van der Waals surface area contributed by atoms with Gasteiger partial charge in [0.25, 0.3) is 0 Å². The maximum Gasteiger partial charge on any atom is 0.488 e. The van der Waals surface area contributed by atoms with Crippen LogP contribution in [0.15, 0.2) is 93.9 Å². The molecule has 5 aromatic carbocycles. The van der Waals surface area contributed by atoms with Crippen molar-refractivity contribution in [2.45, 2.75) is 275 Å². The van der Waals surface area contributed by atoms with Gasteiger partial charge < -0.3 is 29.7 Å². The number of unbranched alkanes of at least 4 members (excludes halogenated alkanes) is 9. The van der Waals surface area contributed by atoms with Gasteiger partial charge in [0.2, 0.25) is 0 Å². The number of benzene rings is 5. The molecular formula is C74H113BBr2O6. The summed E-state index contributed by atoms with van der Waals surface area (Å²) in [7, 11) is -1.35. The highest BCUT2D eigenvalue weighted by Gasteiger charge is 2.22. The molecule has 6 nitrogen and oxygen atoms in total. The summed E-state index contributed by atoms with van der Waals surface area (Å²) in [5, 5.41) is 36.2. The van der Waals surface area contributed by atoms with Crippen LogP contribution < -0.4 is 14.9 Å². The van der Waals surface area contributed by atoms with Gasteiger partial charge in [-0.05, 0) is 241 Å². The third-order valence-corrected chi connectivity index (χ3v) is 17.8. The van der Waals surface area contributed by atoms with Gasteiger partial charge in [-0.2, -0.15) is 0 Å². The molecule has 0 saturated heterocycles. The average molecular weight is 1270 g/mol. The molecule has 2 saturated carbocycles. The summed E-state index contributed by atoms with van der Waals surface area (Å²) >= 11 is 6.85. The summed E-state index contributed by atoms with van der Waals surface area (Å²) in [5.74, 6) is 5.73. The van der Waals surface area contributed by atoms with Crippen LogP contribution in [-0.2, 0) is 0 Å². The van der Waals surface area contributed by atoms with Crippen LogP contribution in [-0.4, -0.2) is 45.7 Å². The summed E-state index contributed by atoms with van der Waals surface area (Å²) in [6.45, 7) is 30.0. The summed E-state index contributed by atoms with van der Waals surface area (Å²) in [5.41, 5.74) is 12.8. The first kappa shape index (κ1) is 73.7. The standard InChI is InChI=1S/C29H42O.C16H25BrO.C13H19BO2.C8H9BrO.C8H18O/c1-6-7-8-9-10-24(5)30-29-22(3)19-28(20-23(29)4)27-17-15-26(16-18-27)25-13-11-21(2)12-14-25;1-5-6-7-8-9-14(4)18-16-12(2)10-15(17)11-13(16)3;1-10-2-4-11(5-3-10)12-6-8-13(9-7-12)14(15)16;1-5-3-7(9)4-6(2)8(5)10;1-3-4-5-6-7-8(2)9/h15-21,24-25H,6-14H2,1-5H3;10-11,14H,5-9H2,1-4H3;6-11,15-16H,2-5H2,1H3;3-4,10H,1-2H3;8-9H,3-7H2,1-2H3. The molecule has 3 unspecified atom stereocenters. The van der Waals surface area contributed by atoms with Crippen molar-refractivity contribution < 1.29 is 29.7 Å². The molecule has 2 fully saturated rings. The van der Waals surface area contributed by atoms with Crippen molar-refractivity contribution in [3.63, 3.8) is 0 Å². The molecule has 462 valence electrons. The van der Waals surface area contributed by atoms with Crippen LogP contribution in [0.25, 0.3) is 11.1 Å². The SMILES string of the molecule is CC1CCC(c2ccc(B(O)O)cc2)CC1.CCCCCCC(C)O.CCCCCCC(C)Oc1c(C)cc(-c2ccc(C3CCC(C)CC3)cc2)cc1C.CCCCCCC(C)Oc1c(C)cc(Br)cc1C.Cc1cc(Br)cc(C)c1O. The van der Waals surface area contributed by atoms with E-state index in [0.29, 0.717) is 23.2 Å². The lowest BCUT2D eigenvalue weighted by Gasteiger charge is -2.26. The zero-order valence-corrected chi connectivity index (χ0v) is 57.5. The van der Waals surface area contributed by atoms with E-state index in [4.69, 9.17) is 24.6 Å². The van der Waals surface area contributed by atoms with E-state index >= 15 is 0 Å². The molecule has 0 amide bonds. The lowest BCUT2D eigenvalue weighted by molar-refractivity contribution is 0.180. The molecule has 0 aromatic heterocycles. The fourth-order valence-corrected chi connectivity index (χ4v) is 12.8. The van der Waals surface area contributed by atoms with E-state index < -0.39 is 7.12 Å². The molecule has 0 radical (unpaired) electrons. The first-order valence-corrected chi connectivity index (χ1v) is 34.1. The fraction of sp³-hybridized carbons (Fsp3) is 0.595. The Morgan fingerprint density at radius 3 is 1.14 bits per heavy atom. The molecule has 0 heterocycles. The predicted molar refractivity (Wildman–Crippen MR) is 365 cm³/mol. The lowest BCUT2D eigenvalue weighted by Crippen LogP contribution is -2.29. The Hall–Kier alpha value is -3.60. The summed E-state index contributed by atoms with van der Waals surface area (Å²) in [4.78, 5) is 0. The number of aliphatic hydroxyl groups excluding tert-OH is 1. The van der Waals surface area contributed by atoms with E-state index in [1.807, 2.05) is 57.2 Å². The Kier molecular flexibility index (Phi) is 36.1. The van der Waals surface area contributed by atoms with Crippen molar-refractivity contribution in [1.29, 1.82) is 0 Å². The number of aliphatic hydroxyl groups is 1. The minimum absolute atomic E-state index is 0.0955. The number of ether oxygens (including phenoxy) is 2. The minimum Gasteiger partial charge on any atom is -0.507 e. The van der Waals surface area contributed by atoms with E-state index in [2.05, 4.69) is 157 Å². The van der Waals surface area contributed by atoms with E-state index in [1.54, 1.807) is 0 Å². The molecule has 5 aromatic rings. The second kappa shape index (κ2) is 40.7. The Bertz CT molecular complexity index is 2460. The average Bonchev–Trinajstić information content (AvgIpc) is 3.48. The second-order valence-corrected chi connectivity index (χ2v) is 26.9. The Morgan fingerprint density at radius 1 is 0.458 bits per heavy atom. The summed E-state index contributed by atoms with van der Waals surface area (Å²) in [6.07, 6.45) is 29.8. The molecule has 2 aliphatic carbocycles. The molecule has 0 spiro atoms. The Morgan fingerprint density at radius 2 is 0.795 bits per heavy atom. The van der Waals surface area contributed by atoms with Crippen LogP contribution in [0.4, 0.5) is 0 Å². The number of aromatic hydroxyl groups is 1. The van der Waals surface area contributed by atoms with E-state index in [9.17, 15) is 5.11 Å². The lowest BCUT2D eigenvalue weighted by atomic mass is 9.76. The Labute approximate surface area is 524 Å². The summed E-state index contributed by atoms with van der Waals surface area (Å²) in [6, 6.07) is 29.7. The van der Waals surface area contributed by atoms with Crippen molar-refractivity contribution in [3.8, 4) is 28.4 Å². The van der Waals surface area contributed by atoms with Crippen LogP contribution in [0.2, 0.25) is 0 Å². The van der Waals surface area contributed by atoms with E-state index in [0.717, 1.165) is 68.6 Å². The van der Waals surface area contributed by atoms with Crippen LogP contribution in [0, 0.1) is 53.4 Å². The molecular weight excluding hydrogens is 1160 g/mol. The molecule has 0 bridgehead atoms. The van der Waals surface area contributed by atoms with Gasteiger partial charge in [-0.15, -0.1) is 0 Å². The van der Waals surface area contributed by atoms with Gasteiger partial charge in [-0.3, -0.25) is 0 Å². The van der Waals surface area contributed by atoms with Gasteiger partial charge in [0.05, 0.1) is 18.3 Å². The van der Waals surface area contributed by atoms with E-state index in [-0.39, 0.29) is 12.2 Å². The monoisotopic (exact) mass is 1270 g/mol. The summed E-state index contributed by atoms with van der Waals surface area (Å²) < 4.78 is 14.6. The van der Waals surface area contributed by atoms with Gasteiger partial charge in [-0.25, -0.2) is 0 Å². The van der Waals surface area contributed by atoms with Crippen molar-refractivity contribution in [1.82, 2.24) is 0 Å². The highest BCUT2D eigenvalue weighted by atomic mass is 79.9. The number of phenolic OH excluding ortho intramolecular Hbond substituents is 1. The quantitative estimate of drug-likeness (QED) is 0.0384. The second-order valence-electron chi connectivity index (χ2n) is 25.0. The largest absolute Gasteiger partial charge is 0.507 e. The van der Waals surface area contributed by atoms with Crippen LogP contribution in [0.1, 0.15) is 259 Å². The highest BCUT2D eigenvalue weighted by Crippen LogP contribution is 2.38. The molecule has 0 aliphatic heterocycles. The molecule has 7 rings (SSSR count). The van der Waals surface area contributed by atoms with Crippen molar-refractivity contribution in [2.75, 3.05) is 0 Å². The van der Waals surface area contributed by atoms with Crippen molar-refractivity contribution >= 4 is 44.4 Å². The number of aryl methyl sites for hydroxylation is 6. The van der Waals surface area contributed by atoms with Gasteiger partial charge in [0.15, 0.2) is 0 Å². The topological polar surface area (TPSA) is 99.4 Å². The van der Waals surface area contributed by atoms with Crippen molar-refractivity contribution in [3.05, 3.63) is 138 Å². The smallest absolute Gasteiger partial charge is 0.488 e. The molecule has 2 aliphatic rings. The normalized spacial score (nSPS) is 17.6. The number of rotatable bonds is 23. The maximum atomic E-state index is 9.31. The highest BCUT2D eigenvalue weighted by molar-refractivity contribution is 9.10. The zero-order valence-electron chi connectivity index (χ0n) is 54.3. The first-order chi connectivity index (χ1) is 39.6.